The lowest BCUT2D eigenvalue weighted by Gasteiger charge is -2.18. The third-order valence-electron chi connectivity index (χ3n) is 2.27. The second-order valence-corrected chi connectivity index (χ2v) is 5.57. The van der Waals surface area contributed by atoms with Gasteiger partial charge in [0.15, 0.2) is 0 Å². The van der Waals surface area contributed by atoms with Gasteiger partial charge in [-0.3, -0.25) is 0 Å². The number of anilines is 1. The van der Waals surface area contributed by atoms with E-state index in [1.165, 1.54) is 7.11 Å². The van der Waals surface area contributed by atoms with Crippen LogP contribution in [-0.4, -0.2) is 32.8 Å². The van der Waals surface area contributed by atoms with Crippen LogP contribution < -0.4 is 5.32 Å². The molecule has 0 spiro atoms. The van der Waals surface area contributed by atoms with Crippen LogP contribution in [0.5, 0.6) is 0 Å². The number of halogens is 2. The summed E-state index contributed by atoms with van der Waals surface area (Å²) in [6.07, 6.45) is 0. The number of carbonyl (C=O) groups excluding carboxylic acids is 1. The fraction of sp³-hybridized carbons (Fsp3) is 0.417. The molecule has 4 nitrogen and oxygen atoms in total. The molecule has 1 aromatic rings. The predicted octanol–water partition coefficient (Wildman–Crippen LogP) is 3.45. The monoisotopic (exact) mass is 379 g/mol. The van der Waals surface area contributed by atoms with Crippen molar-refractivity contribution < 1.29 is 14.3 Å². The van der Waals surface area contributed by atoms with Crippen LogP contribution in [0.15, 0.2) is 21.1 Å². The maximum absolute atomic E-state index is 11.7. The number of carbonyl (C=O) groups is 1. The third kappa shape index (κ3) is 3.96. The molecule has 0 heterocycles. The summed E-state index contributed by atoms with van der Waals surface area (Å²) < 4.78 is 11.4. The Morgan fingerprint density at radius 3 is 2.61 bits per heavy atom. The number of hydrogen-bond donors (Lipinski definition) is 1. The Morgan fingerprint density at radius 1 is 1.39 bits per heavy atom. The van der Waals surface area contributed by atoms with Crippen molar-refractivity contribution in [3.8, 4) is 0 Å². The molecule has 100 valence electrons. The molecule has 18 heavy (non-hydrogen) atoms. The summed E-state index contributed by atoms with van der Waals surface area (Å²) in [4.78, 5) is 11.7. The van der Waals surface area contributed by atoms with Crippen molar-refractivity contribution in [2.45, 2.75) is 13.0 Å². The second kappa shape index (κ2) is 7.11. The van der Waals surface area contributed by atoms with Crippen LogP contribution in [0.4, 0.5) is 5.69 Å². The van der Waals surface area contributed by atoms with E-state index in [2.05, 4.69) is 37.2 Å². The number of rotatable bonds is 5. The highest BCUT2D eigenvalue weighted by molar-refractivity contribution is 9.11. The molecule has 0 aromatic heterocycles. The molecular formula is C12H15Br2NO3. The Hall–Kier alpha value is -0.590. The topological polar surface area (TPSA) is 47.6 Å². The number of nitrogens with one attached hydrogen (secondary N) is 1. The van der Waals surface area contributed by atoms with E-state index in [4.69, 9.17) is 9.47 Å². The molecule has 1 aromatic carbocycles. The number of methoxy groups -OCH3 is 2. The second-order valence-electron chi connectivity index (χ2n) is 3.80. The Balaban J connectivity index is 3.11. The SMILES string of the molecule is COCC(C)Nc1c(Br)cc(Br)cc1C(=O)OC. The van der Waals surface area contributed by atoms with Crippen LogP contribution in [0.3, 0.4) is 0 Å². The maximum Gasteiger partial charge on any atom is 0.340 e. The molecule has 1 rings (SSSR count). The lowest BCUT2D eigenvalue weighted by Crippen LogP contribution is -2.22. The fourth-order valence-electron chi connectivity index (χ4n) is 1.53. The lowest BCUT2D eigenvalue weighted by atomic mass is 10.1. The number of hydrogen-bond acceptors (Lipinski definition) is 4. The fourth-order valence-corrected chi connectivity index (χ4v) is 2.87. The third-order valence-corrected chi connectivity index (χ3v) is 3.35. The van der Waals surface area contributed by atoms with E-state index in [0.717, 1.165) is 8.95 Å². The van der Waals surface area contributed by atoms with Gasteiger partial charge < -0.3 is 14.8 Å². The van der Waals surface area contributed by atoms with Gasteiger partial charge in [0, 0.05) is 22.1 Å². The quantitative estimate of drug-likeness (QED) is 0.795. The van der Waals surface area contributed by atoms with Crippen LogP contribution >= 0.6 is 31.9 Å². The first kappa shape index (κ1) is 15.5. The lowest BCUT2D eigenvalue weighted by molar-refractivity contribution is 0.0601. The van der Waals surface area contributed by atoms with Crippen molar-refractivity contribution >= 4 is 43.5 Å². The first-order valence-corrected chi connectivity index (χ1v) is 6.91. The minimum Gasteiger partial charge on any atom is -0.465 e. The van der Waals surface area contributed by atoms with Crippen molar-refractivity contribution in [1.82, 2.24) is 0 Å². The van der Waals surface area contributed by atoms with Gasteiger partial charge in [0.1, 0.15) is 0 Å². The summed E-state index contributed by atoms with van der Waals surface area (Å²) in [6, 6.07) is 3.67. The van der Waals surface area contributed by atoms with Crippen LogP contribution in [0.1, 0.15) is 17.3 Å². The minimum atomic E-state index is -0.385. The van der Waals surface area contributed by atoms with Crippen molar-refractivity contribution in [2.75, 3.05) is 26.1 Å². The number of ether oxygens (including phenoxy) is 2. The molecule has 0 amide bonds. The molecule has 6 heteroatoms. The normalized spacial score (nSPS) is 12.1. The first-order chi connectivity index (χ1) is 8.49. The molecule has 0 fully saturated rings. The highest BCUT2D eigenvalue weighted by Crippen LogP contribution is 2.31. The van der Waals surface area contributed by atoms with E-state index in [1.807, 2.05) is 13.0 Å². The summed E-state index contributed by atoms with van der Waals surface area (Å²) in [7, 11) is 3.00. The Bertz CT molecular complexity index is 438. The van der Waals surface area contributed by atoms with Gasteiger partial charge in [-0.15, -0.1) is 0 Å². The van der Waals surface area contributed by atoms with Gasteiger partial charge in [-0.2, -0.15) is 0 Å². The maximum atomic E-state index is 11.7. The molecule has 1 N–H and O–H groups in total. The Kier molecular flexibility index (Phi) is 6.11. The van der Waals surface area contributed by atoms with Crippen LogP contribution in [0.2, 0.25) is 0 Å². The van der Waals surface area contributed by atoms with Gasteiger partial charge in [0.2, 0.25) is 0 Å². The van der Waals surface area contributed by atoms with Crippen LogP contribution in [-0.2, 0) is 9.47 Å². The van der Waals surface area contributed by atoms with E-state index >= 15 is 0 Å². The average molecular weight is 381 g/mol. The number of benzene rings is 1. The Morgan fingerprint density at radius 2 is 2.06 bits per heavy atom. The zero-order chi connectivity index (χ0) is 13.7. The summed E-state index contributed by atoms with van der Waals surface area (Å²) in [5, 5.41) is 3.23. The van der Waals surface area contributed by atoms with Gasteiger partial charge in [0.25, 0.3) is 0 Å². The van der Waals surface area contributed by atoms with E-state index in [1.54, 1.807) is 13.2 Å². The summed E-state index contributed by atoms with van der Waals surface area (Å²) in [6.45, 7) is 2.52. The molecule has 1 atom stereocenters. The largest absolute Gasteiger partial charge is 0.465 e. The minimum absolute atomic E-state index is 0.0795. The molecule has 0 bridgehead atoms. The standard InChI is InChI=1S/C12H15Br2NO3/c1-7(6-17-2)15-11-9(12(16)18-3)4-8(13)5-10(11)14/h4-5,7,15H,6H2,1-3H3. The average Bonchev–Trinajstić information content (AvgIpc) is 2.31. The van der Waals surface area contributed by atoms with E-state index in [-0.39, 0.29) is 12.0 Å². The molecule has 0 radical (unpaired) electrons. The van der Waals surface area contributed by atoms with Crippen molar-refractivity contribution in [3.05, 3.63) is 26.6 Å². The van der Waals surface area contributed by atoms with Crippen molar-refractivity contribution in [1.29, 1.82) is 0 Å². The van der Waals surface area contributed by atoms with Crippen molar-refractivity contribution in [2.24, 2.45) is 0 Å². The van der Waals surface area contributed by atoms with Gasteiger partial charge in [-0.25, -0.2) is 4.79 Å². The van der Waals surface area contributed by atoms with E-state index in [9.17, 15) is 4.79 Å². The van der Waals surface area contributed by atoms with Gasteiger partial charge in [-0.05, 0) is 35.0 Å². The summed E-state index contributed by atoms with van der Waals surface area (Å²) in [5.74, 6) is -0.385. The molecular weight excluding hydrogens is 366 g/mol. The molecule has 0 saturated heterocycles. The van der Waals surface area contributed by atoms with Gasteiger partial charge >= 0.3 is 5.97 Å². The summed E-state index contributed by atoms with van der Waals surface area (Å²) in [5.41, 5.74) is 1.18. The van der Waals surface area contributed by atoms with Crippen LogP contribution in [0, 0.1) is 0 Å². The Labute approximate surface area is 123 Å². The zero-order valence-corrected chi connectivity index (χ0v) is 13.6. The van der Waals surface area contributed by atoms with Crippen LogP contribution in [0.25, 0.3) is 0 Å². The zero-order valence-electron chi connectivity index (χ0n) is 10.4. The smallest absolute Gasteiger partial charge is 0.340 e. The van der Waals surface area contributed by atoms with Gasteiger partial charge in [0.05, 0.1) is 25.0 Å². The van der Waals surface area contributed by atoms with Crippen molar-refractivity contribution in [3.63, 3.8) is 0 Å². The number of esters is 1. The molecule has 0 aliphatic heterocycles. The molecule has 0 aliphatic carbocycles. The molecule has 0 aliphatic rings. The first-order valence-electron chi connectivity index (χ1n) is 5.32. The molecule has 1 unspecified atom stereocenters. The van der Waals surface area contributed by atoms with Gasteiger partial charge in [-0.1, -0.05) is 15.9 Å². The van der Waals surface area contributed by atoms with E-state index in [0.29, 0.717) is 17.9 Å². The predicted molar refractivity (Wildman–Crippen MR) is 78.1 cm³/mol. The molecule has 0 saturated carbocycles. The highest BCUT2D eigenvalue weighted by atomic mass is 79.9. The highest BCUT2D eigenvalue weighted by Gasteiger charge is 2.17. The van der Waals surface area contributed by atoms with E-state index < -0.39 is 0 Å². The summed E-state index contributed by atoms with van der Waals surface area (Å²) >= 11 is 6.79.